The van der Waals surface area contributed by atoms with Crippen LogP contribution in [-0.2, 0) is 13.0 Å². The van der Waals surface area contributed by atoms with Gasteiger partial charge in [0.1, 0.15) is 12.4 Å². The highest BCUT2D eigenvalue weighted by Crippen LogP contribution is 2.36. The minimum Gasteiger partial charge on any atom is -0.462 e. The van der Waals surface area contributed by atoms with Gasteiger partial charge < -0.3 is 19.4 Å². The van der Waals surface area contributed by atoms with Gasteiger partial charge in [0.15, 0.2) is 0 Å². The number of piperidine rings is 1. The smallest absolute Gasteiger partial charge is 0.318 e. The van der Waals surface area contributed by atoms with Crippen molar-refractivity contribution in [1.82, 2.24) is 25.1 Å². The molecular weight excluding hydrogens is 464 g/mol. The van der Waals surface area contributed by atoms with Crippen molar-refractivity contribution >= 4 is 22.4 Å². The van der Waals surface area contributed by atoms with E-state index >= 15 is 0 Å². The first-order valence-corrected chi connectivity index (χ1v) is 13.6. The molecule has 3 aliphatic rings. The van der Waals surface area contributed by atoms with E-state index in [0.717, 1.165) is 74.3 Å². The molecule has 1 aromatic carbocycles. The minimum absolute atomic E-state index is 0.391. The molecule has 6 rings (SSSR count). The lowest BCUT2D eigenvalue weighted by molar-refractivity contribution is 0.187. The Kier molecular flexibility index (Phi) is 6.59. The van der Waals surface area contributed by atoms with Crippen molar-refractivity contribution in [1.29, 1.82) is 5.26 Å². The summed E-state index contributed by atoms with van der Waals surface area (Å²) in [5.74, 6) is 1.41. The number of likely N-dealkylation sites (N-methyl/N-ethyl adjacent to an activating group) is 1. The summed E-state index contributed by atoms with van der Waals surface area (Å²) in [5.41, 5.74) is 5.79. The van der Waals surface area contributed by atoms with Gasteiger partial charge in [-0.05, 0) is 70.2 Å². The zero-order valence-corrected chi connectivity index (χ0v) is 21.9. The first kappa shape index (κ1) is 24.0. The van der Waals surface area contributed by atoms with Crippen LogP contribution in [0.25, 0.3) is 10.9 Å². The Labute approximate surface area is 218 Å². The Bertz CT molecular complexity index is 1310. The van der Waals surface area contributed by atoms with Gasteiger partial charge in [-0.2, -0.15) is 20.3 Å². The number of H-pyrrole nitrogens is 1. The monoisotopic (exact) mass is 500 g/mol. The molecule has 3 aliphatic heterocycles. The van der Waals surface area contributed by atoms with Gasteiger partial charge in [-0.25, -0.2) is 0 Å². The number of hydrogen-bond acceptors (Lipinski definition) is 8. The predicted octanol–water partition coefficient (Wildman–Crippen LogP) is 3.83. The number of aromatic amines is 1. The molecule has 0 radical (unpaired) electrons. The first-order valence-electron chi connectivity index (χ1n) is 13.6. The quantitative estimate of drug-likeness (QED) is 0.546. The molecule has 9 heteroatoms. The van der Waals surface area contributed by atoms with E-state index in [0.29, 0.717) is 37.5 Å². The van der Waals surface area contributed by atoms with E-state index in [9.17, 15) is 5.26 Å². The summed E-state index contributed by atoms with van der Waals surface area (Å²) >= 11 is 0. The summed E-state index contributed by atoms with van der Waals surface area (Å²) < 4.78 is 6.28. The molecule has 2 fully saturated rings. The first-order chi connectivity index (χ1) is 18.1. The molecule has 2 aromatic heterocycles. The molecule has 0 saturated carbocycles. The van der Waals surface area contributed by atoms with Gasteiger partial charge in [-0.15, -0.1) is 0 Å². The normalized spacial score (nSPS) is 22.3. The van der Waals surface area contributed by atoms with Crippen molar-refractivity contribution in [2.45, 2.75) is 58.0 Å². The second-order valence-corrected chi connectivity index (χ2v) is 10.9. The standard InChI is InChI=1S/C28H36N8O/c1-19-7-8-24-23(15-30-33-24)26(19)35-14-10-22-25(17-35)31-28(37-18-21-6-4-12-34(21)2)32-27(22)36-13-3-5-20(16-36)9-11-29/h7-8,15,20-21H,3-6,9-10,12-14,16-18H2,1-2H3,(H,30,33)/t20?,21-/m0/s1. The van der Waals surface area contributed by atoms with E-state index in [1.54, 1.807) is 0 Å². The van der Waals surface area contributed by atoms with Gasteiger partial charge in [-0.3, -0.25) is 5.10 Å². The average molecular weight is 501 g/mol. The molecule has 194 valence electrons. The Hall–Kier alpha value is -3.38. The van der Waals surface area contributed by atoms with E-state index in [1.807, 2.05) is 6.20 Å². The van der Waals surface area contributed by atoms with Crippen LogP contribution in [0.3, 0.4) is 0 Å². The number of aryl methyl sites for hydroxylation is 1. The summed E-state index contributed by atoms with van der Waals surface area (Å²) in [7, 11) is 2.17. The summed E-state index contributed by atoms with van der Waals surface area (Å²) in [6, 6.07) is 7.53. The number of benzene rings is 1. The van der Waals surface area contributed by atoms with Crippen LogP contribution in [0.4, 0.5) is 11.5 Å². The molecule has 9 nitrogen and oxygen atoms in total. The van der Waals surface area contributed by atoms with E-state index < -0.39 is 0 Å². The highest BCUT2D eigenvalue weighted by Gasteiger charge is 2.30. The number of likely N-dealkylation sites (tertiary alicyclic amines) is 1. The molecular formula is C28H36N8O. The van der Waals surface area contributed by atoms with E-state index in [4.69, 9.17) is 14.7 Å². The summed E-state index contributed by atoms with van der Waals surface area (Å²) in [6.07, 6.45) is 7.96. The zero-order valence-electron chi connectivity index (χ0n) is 21.9. The maximum Gasteiger partial charge on any atom is 0.318 e. The fourth-order valence-corrected chi connectivity index (χ4v) is 6.35. The van der Waals surface area contributed by atoms with Crippen molar-refractivity contribution in [2.75, 3.05) is 49.6 Å². The highest BCUT2D eigenvalue weighted by atomic mass is 16.5. The number of nitrogens with one attached hydrogen (secondary N) is 1. The maximum absolute atomic E-state index is 9.30. The second kappa shape index (κ2) is 10.2. The van der Waals surface area contributed by atoms with Crippen LogP contribution in [0.1, 0.15) is 48.9 Å². The SMILES string of the molecule is Cc1ccc2[nH]ncc2c1N1CCc2c(nc(OC[C@@H]3CCCN3C)nc2N2CCCC(CC#N)C2)C1. The van der Waals surface area contributed by atoms with Crippen LogP contribution in [0.5, 0.6) is 6.01 Å². The number of anilines is 2. The van der Waals surface area contributed by atoms with Gasteiger partial charge in [0.05, 0.1) is 35.7 Å². The van der Waals surface area contributed by atoms with Gasteiger partial charge in [0, 0.05) is 43.0 Å². The van der Waals surface area contributed by atoms with Crippen molar-refractivity contribution < 1.29 is 4.74 Å². The van der Waals surface area contributed by atoms with Crippen LogP contribution in [-0.4, -0.2) is 70.9 Å². The highest BCUT2D eigenvalue weighted by molar-refractivity contribution is 5.93. The summed E-state index contributed by atoms with van der Waals surface area (Å²) in [4.78, 5) is 17.2. The van der Waals surface area contributed by atoms with E-state index in [2.05, 4.69) is 57.1 Å². The Morgan fingerprint density at radius 1 is 1.14 bits per heavy atom. The topological polar surface area (TPSA) is 97.2 Å². The molecule has 5 heterocycles. The molecule has 3 aromatic rings. The predicted molar refractivity (Wildman–Crippen MR) is 144 cm³/mol. The molecule has 0 aliphatic carbocycles. The molecule has 37 heavy (non-hydrogen) atoms. The number of nitrogens with zero attached hydrogens (tertiary/aromatic N) is 7. The van der Waals surface area contributed by atoms with Crippen LogP contribution < -0.4 is 14.5 Å². The van der Waals surface area contributed by atoms with Crippen molar-refractivity contribution in [3.63, 3.8) is 0 Å². The molecule has 0 bridgehead atoms. The number of ether oxygens (including phenoxy) is 1. The van der Waals surface area contributed by atoms with Crippen molar-refractivity contribution in [3.05, 3.63) is 35.2 Å². The number of hydrogen-bond donors (Lipinski definition) is 1. The van der Waals surface area contributed by atoms with E-state index in [1.165, 1.54) is 23.2 Å². The molecule has 1 N–H and O–H groups in total. The Balaban J connectivity index is 1.33. The number of fused-ring (bicyclic) bond motifs is 2. The lowest BCUT2D eigenvalue weighted by Gasteiger charge is -2.37. The minimum atomic E-state index is 0.391. The van der Waals surface area contributed by atoms with Crippen molar-refractivity contribution in [2.24, 2.45) is 5.92 Å². The van der Waals surface area contributed by atoms with Crippen LogP contribution in [0.2, 0.25) is 0 Å². The maximum atomic E-state index is 9.30. The third-order valence-electron chi connectivity index (χ3n) is 8.41. The summed E-state index contributed by atoms with van der Waals surface area (Å²) in [6.45, 7) is 7.35. The van der Waals surface area contributed by atoms with Crippen LogP contribution in [0.15, 0.2) is 18.3 Å². The molecule has 2 atom stereocenters. The molecule has 2 saturated heterocycles. The number of nitriles is 1. The van der Waals surface area contributed by atoms with Crippen molar-refractivity contribution in [3.8, 4) is 12.1 Å². The zero-order chi connectivity index (χ0) is 25.4. The Morgan fingerprint density at radius 2 is 2.03 bits per heavy atom. The van der Waals surface area contributed by atoms with Gasteiger partial charge in [0.25, 0.3) is 0 Å². The van der Waals surface area contributed by atoms with Gasteiger partial charge in [0.2, 0.25) is 0 Å². The number of aromatic nitrogens is 4. The Morgan fingerprint density at radius 3 is 2.86 bits per heavy atom. The van der Waals surface area contributed by atoms with E-state index in [-0.39, 0.29) is 0 Å². The molecule has 0 spiro atoms. The third-order valence-corrected chi connectivity index (χ3v) is 8.41. The lowest BCUT2D eigenvalue weighted by atomic mass is 9.94. The molecule has 1 unspecified atom stereocenters. The molecule has 0 amide bonds. The second-order valence-electron chi connectivity index (χ2n) is 10.9. The third kappa shape index (κ3) is 4.71. The largest absolute Gasteiger partial charge is 0.462 e. The fraction of sp³-hybridized carbons (Fsp3) is 0.571. The van der Waals surface area contributed by atoms with Gasteiger partial charge >= 0.3 is 6.01 Å². The summed E-state index contributed by atoms with van der Waals surface area (Å²) in [5, 5.41) is 17.8. The fourth-order valence-electron chi connectivity index (χ4n) is 6.35. The number of rotatable bonds is 6. The lowest BCUT2D eigenvalue weighted by Crippen LogP contribution is -2.39. The van der Waals surface area contributed by atoms with Crippen LogP contribution in [0, 0.1) is 24.2 Å². The van der Waals surface area contributed by atoms with Crippen LogP contribution >= 0.6 is 0 Å². The average Bonchev–Trinajstić information content (AvgIpc) is 3.55. The van der Waals surface area contributed by atoms with Gasteiger partial charge in [-0.1, -0.05) is 6.07 Å².